The van der Waals surface area contributed by atoms with E-state index in [2.05, 4.69) is 4.98 Å². The summed E-state index contributed by atoms with van der Waals surface area (Å²) in [7, 11) is 0. The van der Waals surface area contributed by atoms with Gasteiger partial charge in [-0.15, -0.1) is 0 Å². The second-order valence-corrected chi connectivity index (χ2v) is 4.92. The van der Waals surface area contributed by atoms with Crippen molar-refractivity contribution in [2.75, 3.05) is 0 Å². The Morgan fingerprint density at radius 1 is 1.10 bits per heavy atom. The number of benzene rings is 1. The molecule has 21 heavy (non-hydrogen) atoms. The van der Waals surface area contributed by atoms with Crippen molar-refractivity contribution < 1.29 is 22.7 Å². The average Bonchev–Trinajstić information content (AvgIpc) is 2.40. The fraction of sp³-hybridized carbons (Fsp3) is 0.154. The number of halogens is 6. The molecule has 1 aromatic heterocycles. The SMILES string of the molecule is OC(c1ccc(Cl)c(F)c1)c1ccc(C(F)(F)F)nc1Cl. The van der Waals surface area contributed by atoms with Gasteiger partial charge >= 0.3 is 6.18 Å². The van der Waals surface area contributed by atoms with Crippen LogP contribution < -0.4 is 0 Å². The van der Waals surface area contributed by atoms with Crippen LogP contribution in [0.3, 0.4) is 0 Å². The zero-order valence-electron chi connectivity index (χ0n) is 10.1. The molecule has 1 aromatic carbocycles. The fourth-order valence-electron chi connectivity index (χ4n) is 1.67. The first-order chi connectivity index (χ1) is 9.70. The number of hydrogen-bond acceptors (Lipinski definition) is 2. The van der Waals surface area contributed by atoms with Gasteiger partial charge < -0.3 is 5.11 Å². The minimum Gasteiger partial charge on any atom is -0.384 e. The molecule has 0 radical (unpaired) electrons. The Morgan fingerprint density at radius 2 is 1.76 bits per heavy atom. The van der Waals surface area contributed by atoms with Crippen molar-refractivity contribution >= 4 is 23.2 Å². The van der Waals surface area contributed by atoms with E-state index in [1.807, 2.05) is 0 Å². The maximum atomic E-state index is 13.3. The van der Waals surface area contributed by atoms with Crippen molar-refractivity contribution in [2.45, 2.75) is 12.3 Å². The lowest BCUT2D eigenvalue weighted by Gasteiger charge is -2.14. The summed E-state index contributed by atoms with van der Waals surface area (Å²) in [6.45, 7) is 0. The van der Waals surface area contributed by atoms with Gasteiger partial charge in [-0.25, -0.2) is 9.37 Å². The van der Waals surface area contributed by atoms with Crippen LogP contribution in [-0.4, -0.2) is 10.1 Å². The highest BCUT2D eigenvalue weighted by atomic mass is 35.5. The van der Waals surface area contributed by atoms with Gasteiger partial charge in [0.15, 0.2) is 0 Å². The molecule has 0 amide bonds. The summed E-state index contributed by atoms with van der Waals surface area (Å²) in [5.41, 5.74) is -1.14. The predicted molar refractivity (Wildman–Crippen MR) is 69.7 cm³/mol. The maximum Gasteiger partial charge on any atom is 0.433 e. The van der Waals surface area contributed by atoms with Crippen LogP contribution in [-0.2, 0) is 6.18 Å². The van der Waals surface area contributed by atoms with Crippen LogP contribution in [0.5, 0.6) is 0 Å². The number of alkyl halides is 3. The maximum absolute atomic E-state index is 13.3. The van der Waals surface area contributed by atoms with E-state index in [1.54, 1.807) is 0 Å². The van der Waals surface area contributed by atoms with Gasteiger partial charge in [0.2, 0.25) is 0 Å². The number of nitrogens with zero attached hydrogens (tertiary/aromatic N) is 1. The first-order valence-electron chi connectivity index (χ1n) is 5.57. The van der Waals surface area contributed by atoms with E-state index in [1.165, 1.54) is 12.1 Å². The Morgan fingerprint density at radius 3 is 2.29 bits per heavy atom. The lowest BCUT2D eigenvalue weighted by molar-refractivity contribution is -0.141. The molecule has 0 aliphatic heterocycles. The van der Waals surface area contributed by atoms with E-state index in [-0.39, 0.29) is 16.1 Å². The highest BCUT2D eigenvalue weighted by molar-refractivity contribution is 6.30. The smallest absolute Gasteiger partial charge is 0.384 e. The molecule has 2 aromatic rings. The molecule has 2 nitrogen and oxygen atoms in total. The highest BCUT2D eigenvalue weighted by Crippen LogP contribution is 2.33. The molecule has 1 heterocycles. The topological polar surface area (TPSA) is 33.1 Å². The Kier molecular flexibility index (Phi) is 4.41. The molecule has 0 fully saturated rings. The Labute approximate surface area is 127 Å². The molecule has 1 N–H and O–H groups in total. The number of aliphatic hydroxyl groups excluding tert-OH is 1. The molecule has 8 heteroatoms. The van der Waals surface area contributed by atoms with Crippen LogP contribution in [0.15, 0.2) is 30.3 Å². The molecule has 1 unspecified atom stereocenters. The normalized spacial score (nSPS) is 13.3. The van der Waals surface area contributed by atoms with E-state index in [0.717, 1.165) is 12.1 Å². The summed E-state index contributed by atoms with van der Waals surface area (Å²) in [6, 6.07) is 5.22. The van der Waals surface area contributed by atoms with Gasteiger partial charge in [0, 0.05) is 5.56 Å². The van der Waals surface area contributed by atoms with Crippen LogP contribution in [0.1, 0.15) is 22.9 Å². The van der Waals surface area contributed by atoms with Gasteiger partial charge in [0.05, 0.1) is 5.02 Å². The van der Waals surface area contributed by atoms with E-state index < -0.39 is 28.9 Å². The summed E-state index contributed by atoms with van der Waals surface area (Å²) in [4.78, 5) is 3.19. The Hall–Kier alpha value is -1.37. The van der Waals surface area contributed by atoms with Crippen molar-refractivity contribution in [3.63, 3.8) is 0 Å². The van der Waals surface area contributed by atoms with Crippen LogP contribution in [0, 0.1) is 5.82 Å². The van der Waals surface area contributed by atoms with Gasteiger partial charge in [-0.2, -0.15) is 13.2 Å². The number of aliphatic hydroxyl groups is 1. The molecular weight excluding hydrogens is 333 g/mol. The van der Waals surface area contributed by atoms with E-state index in [4.69, 9.17) is 23.2 Å². The van der Waals surface area contributed by atoms with Crippen molar-refractivity contribution in [3.8, 4) is 0 Å². The lowest BCUT2D eigenvalue weighted by atomic mass is 10.0. The minimum atomic E-state index is -4.64. The molecule has 0 saturated carbocycles. The van der Waals surface area contributed by atoms with Gasteiger partial charge in [-0.1, -0.05) is 35.3 Å². The second-order valence-electron chi connectivity index (χ2n) is 4.15. The van der Waals surface area contributed by atoms with Crippen molar-refractivity contribution in [1.29, 1.82) is 0 Å². The monoisotopic (exact) mass is 339 g/mol. The van der Waals surface area contributed by atoms with E-state index in [9.17, 15) is 22.7 Å². The van der Waals surface area contributed by atoms with Crippen LogP contribution in [0.25, 0.3) is 0 Å². The van der Waals surface area contributed by atoms with Crippen LogP contribution in [0.4, 0.5) is 17.6 Å². The van der Waals surface area contributed by atoms with E-state index >= 15 is 0 Å². The van der Waals surface area contributed by atoms with Gasteiger partial charge in [0.25, 0.3) is 0 Å². The largest absolute Gasteiger partial charge is 0.433 e. The molecule has 0 spiro atoms. The zero-order chi connectivity index (χ0) is 15.8. The predicted octanol–water partition coefficient (Wildman–Crippen LogP) is 4.63. The van der Waals surface area contributed by atoms with Crippen molar-refractivity contribution in [1.82, 2.24) is 4.98 Å². The first kappa shape index (κ1) is 16.0. The number of rotatable bonds is 2. The lowest BCUT2D eigenvalue weighted by Crippen LogP contribution is -2.10. The molecule has 0 saturated heterocycles. The second kappa shape index (κ2) is 5.79. The molecule has 2 rings (SSSR count). The Bertz CT molecular complexity index is 676. The number of hydrogen-bond donors (Lipinski definition) is 1. The fourth-order valence-corrected chi connectivity index (χ4v) is 2.04. The molecular formula is C13H7Cl2F4NO. The highest BCUT2D eigenvalue weighted by Gasteiger charge is 2.33. The van der Waals surface area contributed by atoms with Gasteiger partial charge in [-0.05, 0) is 23.8 Å². The summed E-state index contributed by atoms with van der Waals surface area (Å²) in [6.07, 6.45) is -6.06. The number of aromatic nitrogens is 1. The summed E-state index contributed by atoms with van der Waals surface area (Å²) in [5.74, 6) is -0.760. The summed E-state index contributed by atoms with van der Waals surface area (Å²) < 4.78 is 50.8. The summed E-state index contributed by atoms with van der Waals surface area (Å²) >= 11 is 11.2. The molecule has 0 aliphatic rings. The van der Waals surface area contributed by atoms with Crippen LogP contribution >= 0.6 is 23.2 Å². The average molecular weight is 340 g/mol. The Balaban J connectivity index is 2.39. The zero-order valence-corrected chi connectivity index (χ0v) is 11.6. The van der Waals surface area contributed by atoms with Gasteiger partial charge in [-0.3, -0.25) is 0 Å². The first-order valence-corrected chi connectivity index (χ1v) is 6.32. The van der Waals surface area contributed by atoms with Crippen molar-refractivity contribution in [2.24, 2.45) is 0 Å². The quantitative estimate of drug-likeness (QED) is 0.639. The van der Waals surface area contributed by atoms with Crippen LogP contribution in [0.2, 0.25) is 10.2 Å². The number of pyridine rings is 1. The molecule has 0 aliphatic carbocycles. The molecule has 0 bridgehead atoms. The van der Waals surface area contributed by atoms with Gasteiger partial charge in [0.1, 0.15) is 22.8 Å². The third kappa shape index (κ3) is 3.45. The molecule has 112 valence electrons. The van der Waals surface area contributed by atoms with E-state index in [0.29, 0.717) is 6.07 Å². The summed E-state index contributed by atoms with van der Waals surface area (Å²) in [5, 5.41) is 9.42. The minimum absolute atomic E-state index is 0.0635. The third-order valence-electron chi connectivity index (χ3n) is 2.72. The van der Waals surface area contributed by atoms with Crippen molar-refractivity contribution in [3.05, 3.63) is 63.1 Å². The standard InChI is InChI=1S/C13H7Cl2F4NO/c14-8-3-1-6(5-9(8)16)11(21)7-2-4-10(13(17,18)19)20-12(7)15/h1-5,11,21H. The third-order valence-corrected chi connectivity index (χ3v) is 3.33. The molecule has 1 atom stereocenters.